The van der Waals surface area contributed by atoms with E-state index in [4.69, 9.17) is 0 Å². The number of benzene rings is 4. The molecule has 0 spiro atoms. The van der Waals surface area contributed by atoms with Crippen LogP contribution in [0.25, 0.3) is 0 Å². The molecule has 4 aromatic carbocycles. The molecule has 0 atom stereocenters. The molecule has 10 heteroatoms. The van der Waals surface area contributed by atoms with Crippen molar-refractivity contribution < 1.29 is 0 Å². The first-order chi connectivity index (χ1) is 16.7. The summed E-state index contributed by atoms with van der Waals surface area (Å²) in [6, 6.07) is 47.6. The van der Waals surface area contributed by atoms with E-state index < -0.39 is 56.9 Å². The topological polar surface area (TPSA) is 0 Å². The van der Waals surface area contributed by atoms with Gasteiger partial charge >= 0.3 is 229 Å². The molecular weight excluding hydrogens is 956 g/mol. The van der Waals surface area contributed by atoms with E-state index in [9.17, 15) is 0 Å². The molecule has 0 N–H and O–H groups in total. The van der Waals surface area contributed by atoms with Crippen molar-refractivity contribution in [3.63, 3.8) is 0 Å². The maximum atomic E-state index is 2.66. The number of hydrogen-bond acceptors (Lipinski definition) is 6. The van der Waals surface area contributed by atoms with Crippen molar-refractivity contribution in [3.8, 4) is 0 Å². The summed E-state index contributed by atoms with van der Waals surface area (Å²) < 4.78 is 7.07. The van der Waals surface area contributed by atoms with Crippen LogP contribution in [0.4, 0.5) is 0 Å². The summed E-state index contributed by atoms with van der Waals surface area (Å²) in [4.78, 5) is 0. The van der Waals surface area contributed by atoms with E-state index in [0.29, 0.717) is 0 Å². The molecule has 4 bridgehead atoms. The monoisotopic (exact) mass is 980 g/mol. The van der Waals surface area contributed by atoms with Crippen molar-refractivity contribution in [2.75, 3.05) is 0 Å². The molecule has 0 radical (unpaired) electrons. The summed E-state index contributed by atoms with van der Waals surface area (Å²) >= 11 is -11.3. The van der Waals surface area contributed by atoms with Crippen LogP contribution >= 0.6 is 36.8 Å². The molecule has 8 rings (SSSR count). The van der Waals surface area contributed by atoms with Gasteiger partial charge in [-0.05, 0) is 0 Å². The Hall–Kier alpha value is 2.17. The van der Waals surface area contributed by atoms with Gasteiger partial charge in [-0.25, -0.2) is 0 Å². The van der Waals surface area contributed by atoms with E-state index in [1.54, 1.807) is 14.3 Å². The first kappa shape index (κ1) is 25.2. The van der Waals surface area contributed by atoms with Crippen LogP contribution in [0.3, 0.4) is 0 Å². The molecule has 0 unspecified atom stereocenters. The third-order valence-electron chi connectivity index (χ3n) is 6.12. The number of rotatable bonds is 4. The molecule has 4 aliphatic heterocycles. The molecule has 0 aliphatic carbocycles. The van der Waals surface area contributed by atoms with Crippen LogP contribution in [0, 0.1) is 0 Å². The minimum absolute atomic E-state index is 1.77. The molecule has 0 nitrogen and oxygen atoms in total. The van der Waals surface area contributed by atoms with E-state index in [0.717, 1.165) is 0 Å². The molecule has 4 aromatic rings. The Morgan fingerprint density at radius 1 is 0.265 bits per heavy atom. The van der Waals surface area contributed by atoms with Crippen LogP contribution < -0.4 is 14.3 Å². The minimum atomic E-state index is -2.83. The second-order valence-corrected chi connectivity index (χ2v) is 180. The van der Waals surface area contributed by atoms with Gasteiger partial charge in [0.05, 0.1) is 0 Å². The Morgan fingerprint density at radius 3 is 0.618 bits per heavy atom. The molecule has 0 saturated carbocycles. The molecule has 0 aromatic heterocycles. The van der Waals surface area contributed by atoms with Gasteiger partial charge in [0.15, 0.2) is 0 Å². The van der Waals surface area contributed by atoms with Gasteiger partial charge in [0.1, 0.15) is 0 Å². The van der Waals surface area contributed by atoms with Crippen molar-refractivity contribution in [1.29, 1.82) is 0 Å². The van der Waals surface area contributed by atoms with E-state index in [2.05, 4.69) is 158 Å². The van der Waals surface area contributed by atoms with Crippen LogP contribution in [-0.4, -0.2) is 56.9 Å². The molecule has 168 valence electrons. The standard InChI is InChI=1S/4C6H5.6S.4Sn/c4*1-2-4-6-5-3-1;;;;;;;;;;/h4*1-5H;;;;;;;;;;. The van der Waals surface area contributed by atoms with Crippen LogP contribution in [-0.2, 0) is 0 Å². The Labute approximate surface area is 224 Å². The average molecular weight is 976 g/mol. The first-order valence-electron chi connectivity index (χ1n) is 11.1. The maximum absolute atomic E-state index is 2.83. The molecular formula is C24H20S6Sn4. The van der Waals surface area contributed by atoms with Crippen LogP contribution in [0.2, 0.25) is 0 Å². The fourth-order valence-electron chi connectivity index (χ4n) is 4.59. The fraction of sp³-hybridized carbons (Fsp3) is 0. The van der Waals surface area contributed by atoms with E-state index in [1.807, 2.05) is 0 Å². The zero-order valence-corrected chi connectivity index (χ0v) is 34.3. The summed E-state index contributed by atoms with van der Waals surface area (Å²) in [5, 5.41) is 0. The summed E-state index contributed by atoms with van der Waals surface area (Å²) in [6.45, 7) is 0. The van der Waals surface area contributed by atoms with Gasteiger partial charge in [-0.2, -0.15) is 0 Å². The third kappa shape index (κ3) is 4.24. The van der Waals surface area contributed by atoms with Crippen LogP contribution in [0.15, 0.2) is 121 Å². The van der Waals surface area contributed by atoms with Gasteiger partial charge in [0, 0.05) is 0 Å². The van der Waals surface area contributed by atoms with Gasteiger partial charge in [-0.15, -0.1) is 0 Å². The Balaban J connectivity index is 1.53. The van der Waals surface area contributed by atoms with E-state index >= 15 is 0 Å². The van der Waals surface area contributed by atoms with Crippen molar-refractivity contribution >= 4 is 108 Å². The SMILES string of the molecule is c1cc[c]([Sn]23[S][Sn]4([c]5ccccc5)[S][Sn]([c]5ccccc5)([S]2)[S][Sn]([c]2ccccc2)([S]3)[S]4)cc1. The Morgan fingerprint density at radius 2 is 0.441 bits per heavy atom. The summed E-state index contributed by atoms with van der Waals surface area (Å²) in [5.41, 5.74) is 0. The van der Waals surface area contributed by atoms with Gasteiger partial charge in [-0.1, -0.05) is 0 Å². The molecule has 0 amide bonds. The normalized spacial score (nSPS) is 33.6. The van der Waals surface area contributed by atoms with Crippen LogP contribution in [0.5, 0.6) is 0 Å². The predicted molar refractivity (Wildman–Crippen MR) is 173 cm³/mol. The van der Waals surface area contributed by atoms with Crippen LogP contribution in [0.1, 0.15) is 0 Å². The average Bonchev–Trinajstić information content (AvgIpc) is 2.90. The van der Waals surface area contributed by atoms with Crippen molar-refractivity contribution in [2.45, 2.75) is 0 Å². The van der Waals surface area contributed by atoms with Gasteiger partial charge in [0.25, 0.3) is 0 Å². The van der Waals surface area contributed by atoms with Gasteiger partial charge in [0.2, 0.25) is 0 Å². The Bertz CT molecular complexity index is 1080. The molecule has 4 saturated heterocycles. The van der Waals surface area contributed by atoms with Crippen molar-refractivity contribution in [1.82, 2.24) is 0 Å². The quantitative estimate of drug-likeness (QED) is 0.236. The Kier molecular flexibility index (Phi) is 7.38. The third-order valence-corrected chi connectivity index (χ3v) is 523. The predicted octanol–water partition coefficient (Wildman–Crippen LogP) is 5.81. The molecule has 34 heavy (non-hydrogen) atoms. The fourth-order valence-corrected chi connectivity index (χ4v) is 1510. The zero-order valence-electron chi connectivity index (χ0n) is 18.0. The first-order valence-corrected chi connectivity index (χ1v) is 63.6. The van der Waals surface area contributed by atoms with Gasteiger partial charge < -0.3 is 0 Å². The second kappa shape index (κ2) is 9.98. The van der Waals surface area contributed by atoms with Crippen molar-refractivity contribution in [3.05, 3.63) is 121 Å². The summed E-state index contributed by atoms with van der Waals surface area (Å²) in [5.74, 6) is 0. The van der Waals surface area contributed by atoms with Crippen molar-refractivity contribution in [2.24, 2.45) is 0 Å². The summed E-state index contributed by atoms with van der Waals surface area (Å²) in [7, 11) is 0. The van der Waals surface area contributed by atoms with E-state index in [1.165, 1.54) is 0 Å². The molecule has 4 fully saturated rings. The molecule has 4 aliphatic rings. The van der Waals surface area contributed by atoms with E-state index in [-0.39, 0.29) is 0 Å². The second-order valence-electron chi connectivity index (χ2n) is 8.30. The molecule has 4 heterocycles. The zero-order chi connectivity index (χ0) is 22.7. The summed E-state index contributed by atoms with van der Waals surface area (Å²) in [6.07, 6.45) is 16.0. The van der Waals surface area contributed by atoms with Gasteiger partial charge in [-0.3, -0.25) is 0 Å². The number of hydrogen-bond donors (Lipinski definition) is 0.